The average Bonchev–Trinajstić information content (AvgIpc) is 2.52. The average molecular weight is 304 g/mol. The molecule has 3 rings (SSSR count). The van der Waals surface area contributed by atoms with E-state index >= 15 is 0 Å². The molecule has 0 saturated heterocycles. The van der Waals surface area contributed by atoms with Crippen molar-refractivity contribution in [2.24, 2.45) is 28.2 Å². The third kappa shape index (κ3) is 1.54. The molecule has 0 saturated carbocycles. The van der Waals surface area contributed by atoms with Gasteiger partial charge in [-0.25, -0.2) is 19.6 Å². The Labute approximate surface area is 121 Å². The lowest BCUT2D eigenvalue weighted by atomic mass is 10.4. The predicted octanol–water partition coefficient (Wildman–Crippen LogP) is -2.42. The molecule has 0 N–H and O–H groups in total. The Morgan fingerprint density at radius 1 is 0.591 bits per heavy atom. The molecule has 0 fully saturated rings. The SMILES string of the molecule is Cn1c(=O)c2nc3c(nc2n(C)c1=O)c(=O)n(C)c(=O)n3C. The van der Waals surface area contributed by atoms with E-state index in [0.717, 1.165) is 18.3 Å². The smallest absolute Gasteiger partial charge is 0.279 e. The molecule has 0 atom stereocenters. The maximum atomic E-state index is 12.2. The van der Waals surface area contributed by atoms with E-state index in [1.807, 2.05) is 0 Å². The number of nitrogens with zero attached hydrogens (tertiary/aromatic N) is 6. The van der Waals surface area contributed by atoms with Crippen molar-refractivity contribution >= 4 is 22.3 Å². The fraction of sp³-hybridized carbons (Fsp3) is 0.333. The Bertz CT molecular complexity index is 1100. The van der Waals surface area contributed by atoms with Gasteiger partial charge >= 0.3 is 11.4 Å². The molecule has 10 heteroatoms. The van der Waals surface area contributed by atoms with Crippen LogP contribution in [-0.2, 0) is 28.2 Å². The summed E-state index contributed by atoms with van der Waals surface area (Å²) in [6, 6.07) is 0. The fourth-order valence-electron chi connectivity index (χ4n) is 2.29. The fourth-order valence-corrected chi connectivity index (χ4v) is 2.29. The van der Waals surface area contributed by atoms with E-state index in [-0.39, 0.29) is 22.3 Å². The van der Waals surface area contributed by atoms with Crippen molar-refractivity contribution in [2.75, 3.05) is 0 Å². The molecule has 3 heterocycles. The van der Waals surface area contributed by atoms with E-state index in [9.17, 15) is 19.2 Å². The van der Waals surface area contributed by atoms with Gasteiger partial charge in [-0.15, -0.1) is 0 Å². The molecule has 0 radical (unpaired) electrons. The van der Waals surface area contributed by atoms with Crippen LogP contribution in [0.25, 0.3) is 22.3 Å². The lowest BCUT2D eigenvalue weighted by molar-refractivity contribution is 0.693. The van der Waals surface area contributed by atoms with Gasteiger partial charge in [-0.1, -0.05) is 0 Å². The minimum absolute atomic E-state index is 0.00338. The molecular formula is C12H12N6O4. The summed E-state index contributed by atoms with van der Waals surface area (Å²) in [4.78, 5) is 56.4. The van der Waals surface area contributed by atoms with Crippen LogP contribution in [0.2, 0.25) is 0 Å². The number of aryl methyl sites for hydroxylation is 2. The number of rotatable bonds is 0. The highest BCUT2D eigenvalue weighted by atomic mass is 16.2. The van der Waals surface area contributed by atoms with Gasteiger partial charge in [0.25, 0.3) is 11.1 Å². The molecule has 0 aromatic carbocycles. The third-order valence-corrected chi connectivity index (χ3v) is 3.66. The lowest BCUT2D eigenvalue weighted by Crippen LogP contribution is -2.40. The zero-order chi connectivity index (χ0) is 16.3. The first-order chi connectivity index (χ1) is 10.3. The van der Waals surface area contributed by atoms with Gasteiger partial charge in [-0.3, -0.25) is 27.9 Å². The van der Waals surface area contributed by atoms with Gasteiger partial charge in [0, 0.05) is 28.2 Å². The van der Waals surface area contributed by atoms with E-state index in [4.69, 9.17) is 0 Å². The van der Waals surface area contributed by atoms with Crippen LogP contribution in [0.3, 0.4) is 0 Å². The second kappa shape index (κ2) is 4.23. The molecule has 0 unspecified atom stereocenters. The topological polar surface area (TPSA) is 114 Å². The van der Waals surface area contributed by atoms with Crippen molar-refractivity contribution in [3.05, 3.63) is 41.7 Å². The molecule has 3 aromatic rings. The van der Waals surface area contributed by atoms with Gasteiger partial charge < -0.3 is 0 Å². The normalized spacial score (nSPS) is 11.5. The number of hydrogen-bond donors (Lipinski definition) is 0. The van der Waals surface area contributed by atoms with E-state index in [1.54, 1.807) is 0 Å². The number of hydrogen-bond acceptors (Lipinski definition) is 6. The summed E-state index contributed by atoms with van der Waals surface area (Å²) in [7, 11) is 5.49. The van der Waals surface area contributed by atoms with Gasteiger partial charge in [0.15, 0.2) is 22.3 Å². The van der Waals surface area contributed by atoms with E-state index in [2.05, 4.69) is 9.97 Å². The van der Waals surface area contributed by atoms with Crippen LogP contribution in [0, 0.1) is 0 Å². The van der Waals surface area contributed by atoms with Crippen LogP contribution in [0.15, 0.2) is 19.2 Å². The van der Waals surface area contributed by atoms with Crippen LogP contribution in [-0.4, -0.2) is 28.2 Å². The van der Waals surface area contributed by atoms with Crippen LogP contribution in [0.1, 0.15) is 0 Å². The molecule has 22 heavy (non-hydrogen) atoms. The molecule has 0 aliphatic rings. The molecular weight excluding hydrogens is 292 g/mol. The Balaban J connectivity index is 2.77. The molecule has 0 bridgehead atoms. The van der Waals surface area contributed by atoms with Gasteiger partial charge in [-0.05, 0) is 0 Å². The first kappa shape index (κ1) is 13.9. The van der Waals surface area contributed by atoms with Crippen molar-refractivity contribution in [2.45, 2.75) is 0 Å². The molecule has 0 amide bonds. The molecule has 0 spiro atoms. The van der Waals surface area contributed by atoms with Crippen LogP contribution in [0.5, 0.6) is 0 Å². The third-order valence-electron chi connectivity index (χ3n) is 3.66. The molecule has 10 nitrogen and oxygen atoms in total. The van der Waals surface area contributed by atoms with Crippen molar-refractivity contribution < 1.29 is 0 Å². The van der Waals surface area contributed by atoms with Crippen molar-refractivity contribution in [3.8, 4) is 0 Å². The molecule has 114 valence electrons. The monoisotopic (exact) mass is 304 g/mol. The summed E-state index contributed by atoms with van der Waals surface area (Å²) in [5, 5.41) is 0. The first-order valence-corrected chi connectivity index (χ1v) is 6.29. The summed E-state index contributed by atoms with van der Waals surface area (Å²) in [6.07, 6.45) is 0. The first-order valence-electron chi connectivity index (χ1n) is 6.29. The Morgan fingerprint density at radius 3 is 1.23 bits per heavy atom. The highest BCUT2D eigenvalue weighted by Gasteiger charge is 2.17. The summed E-state index contributed by atoms with van der Waals surface area (Å²) in [6.45, 7) is 0. The summed E-state index contributed by atoms with van der Waals surface area (Å²) >= 11 is 0. The van der Waals surface area contributed by atoms with Crippen LogP contribution >= 0.6 is 0 Å². The Hall–Kier alpha value is -3.04. The zero-order valence-electron chi connectivity index (χ0n) is 12.3. The van der Waals surface area contributed by atoms with Crippen molar-refractivity contribution in [1.29, 1.82) is 0 Å². The molecule has 0 aliphatic heterocycles. The second-order valence-electron chi connectivity index (χ2n) is 4.98. The second-order valence-corrected chi connectivity index (χ2v) is 4.98. The van der Waals surface area contributed by atoms with E-state index in [0.29, 0.717) is 0 Å². The highest BCUT2D eigenvalue weighted by Crippen LogP contribution is 2.07. The summed E-state index contributed by atoms with van der Waals surface area (Å²) in [5.74, 6) is 0. The largest absolute Gasteiger partial charge is 0.332 e. The number of fused-ring (bicyclic) bond motifs is 2. The summed E-state index contributed by atoms with van der Waals surface area (Å²) < 4.78 is 4.05. The minimum atomic E-state index is -0.638. The van der Waals surface area contributed by atoms with E-state index < -0.39 is 22.5 Å². The van der Waals surface area contributed by atoms with Gasteiger partial charge in [-0.2, -0.15) is 0 Å². The summed E-state index contributed by atoms with van der Waals surface area (Å²) in [5.41, 5.74) is -2.60. The maximum Gasteiger partial charge on any atom is 0.332 e. The Morgan fingerprint density at radius 2 is 0.909 bits per heavy atom. The van der Waals surface area contributed by atoms with Crippen LogP contribution in [0.4, 0.5) is 0 Å². The van der Waals surface area contributed by atoms with Gasteiger partial charge in [0.2, 0.25) is 0 Å². The maximum absolute atomic E-state index is 12.2. The standard InChI is InChI=1S/C12H12N6O4/c1-15-7-5(9(19)17(3)11(15)21)14-8-6(13-7)10(20)18(4)12(22)16(8)2/h1-4H3. The predicted molar refractivity (Wildman–Crippen MR) is 78.0 cm³/mol. The quantitative estimate of drug-likeness (QED) is 0.427. The zero-order valence-corrected chi connectivity index (χ0v) is 12.3. The minimum Gasteiger partial charge on any atom is -0.279 e. The van der Waals surface area contributed by atoms with Gasteiger partial charge in [0.05, 0.1) is 0 Å². The molecule has 0 aliphatic carbocycles. The van der Waals surface area contributed by atoms with Crippen molar-refractivity contribution in [3.63, 3.8) is 0 Å². The van der Waals surface area contributed by atoms with Crippen LogP contribution < -0.4 is 22.5 Å². The highest BCUT2D eigenvalue weighted by molar-refractivity contribution is 5.81. The van der Waals surface area contributed by atoms with Gasteiger partial charge in [0.1, 0.15) is 0 Å². The Kier molecular flexibility index (Phi) is 2.67. The lowest BCUT2D eigenvalue weighted by Gasteiger charge is -2.09. The van der Waals surface area contributed by atoms with E-state index in [1.165, 1.54) is 28.2 Å². The number of aromatic nitrogens is 6. The molecule has 3 aromatic heterocycles. The van der Waals surface area contributed by atoms with Crippen molar-refractivity contribution in [1.82, 2.24) is 28.2 Å².